The largest absolute Gasteiger partial charge is 0.387 e. The lowest BCUT2D eigenvalue weighted by Gasteiger charge is -2.62. The number of ketones is 1. The third-order valence-corrected chi connectivity index (χ3v) is 9.30. The molecule has 0 amide bonds. The highest BCUT2D eigenvalue weighted by Gasteiger charge is 2.62. The van der Waals surface area contributed by atoms with Crippen molar-refractivity contribution in [3.63, 3.8) is 0 Å². The van der Waals surface area contributed by atoms with Gasteiger partial charge < -0.3 is 9.84 Å². The third-order valence-electron chi connectivity index (χ3n) is 9.30. The molecule has 4 aliphatic rings. The Hall–Kier alpha value is -0.410. The first kappa shape index (κ1) is 18.0. The smallest absolute Gasteiger partial charge is 0.139 e. The Labute approximate surface area is 152 Å². The number of Topliss-reactive ketones (excluding diaryl/α,β-unsaturated/α-hetero) is 1. The maximum Gasteiger partial charge on any atom is 0.139 e. The molecule has 0 saturated heterocycles. The number of fused-ring (bicyclic) bond motifs is 5. The minimum absolute atomic E-state index is 0.0195. The van der Waals surface area contributed by atoms with Crippen LogP contribution in [0.15, 0.2) is 0 Å². The molecule has 0 aromatic rings. The molecule has 0 heterocycles. The molecule has 7 atom stereocenters. The van der Waals surface area contributed by atoms with Crippen molar-refractivity contribution >= 4 is 5.78 Å². The van der Waals surface area contributed by atoms with Gasteiger partial charge in [0.05, 0.1) is 12.2 Å². The summed E-state index contributed by atoms with van der Waals surface area (Å²) in [4.78, 5) is 12.5. The number of methoxy groups -OCH3 is 1. The molecule has 0 radical (unpaired) electrons. The van der Waals surface area contributed by atoms with Crippen molar-refractivity contribution in [3.05, 3.63) is 0 Å². The summed E-state index contributed by atoms with van der Waals surface area (Å²) in [6, 6.07) is 0. The van der Waals surface area contributed by atoms with Crippen LogP contribution in [0.1, 0.15) is 78.1 Å². The number of aliphatic hydroxyl groups is 1. The Morgan fingerprint density at radius 3 is 2.64 bits per heavy atom. The van der Waals surface area contributed by atoms with Gasteiger partial charge in [0.15, 0.2) is 0 Å². The molecule has 4 rings (SSSR count). The molecule has 0 aromatic carbocycles. The van der Waals surface area contributed by atoms with E-state index in [-0.39, 0.29) is 5.41 Å². The summed E-state index contributed by atoms with van der Waals surface area (Å²) >= 11 is 0. The minimum Gasteiger partial charge on any atom is -0.387 e. The molecule has 1 N–H and O–H groups in total. The van der Waals surface area contributed by atoms with Gasteiger partial charge in [0.25, 0.3) is 0 Å². The molecule has 25 heavy (non-hydrogen) atoms. The van der Waals surface area contributed by atoms with Crippen LogP contribution >= 0.6 is 0 Å². The highest BCUT2D eigenvalue weighted by atomic mass is 16.5. The summed E-state index contributed by atoms with van der Waals surface area (Å²) in [6.07, 6.45) is 11.0. The van der Waals surface area contributed by atoms with Gasteiger partial charge in [0, 0.05) is 18.9 Å². The molecule has 1 unspecified atom stereocenters. The quantitative estimate of drug-likeness (QED) is 0.824. The van der Waals surface area contributed by atoms with Crippen LogP contribution in [0.3, 0.4) is 0 Å². The molecule has 4 aliphatic carbocycles. The van der Waals surface area contributed by atoms with Gasteiger partial charge in [-0.1, -0.05) is 13.8 Å². The second-order valence-corrected chi connectivity index (χ2v) is 10.0. The lowest BCUT2D eigenvalue weighted by atomic mass is 9.43. The summed E-state index contributed by atoms with van der Waals surface area (Å²) in [5.74, 6) is 3.32. The van der Waals surface area contributed by atoms with Gasteiger partial charge in [-0.2, -0.15) is 0 Å². The zero-order valence-corrected chi connectivity index (χ0v) is 16.4. The first-order chi connectivity index (χ1) is 11.9. The topological polar surface area (TPSA) is 46.5 Å². The molecule has 3 nitrogen and oxygen atoms in total. The third kappa shape index (κ3) is 2.48. The Morgan fingerprint density at radius 1 is 1.12 bits per heavy atom. The van der Waals surface area contributed by atoms with Crippen molar-refractivity contribution in [3.8, 4) is 0 Å². The van der Waals surface area contributed by atoms with Crippen LogP contribution < -0.4 is 0 Å². The van der Waals surface area contributed by atoms with E-state index in [2.05, 4.69) is 13.8 Å². The maximum absolute atomic E-state index is 12.5. The normalized spacial score (nSPS) is 52.4. The van der Waals surface area contributed by atoms with Crippen molar-refractivity contribution in [2.45, 2.75) is 83.7 Å². The van der Waals surface area contributed by atoms with Gasteiger partial charge in [-0.25, -0.2) is 0 Å². The van der Waals surface area contributed by atoms with E-state index in [9.17, 15) is 9.90 Å². The van der Waals surface area contributed by atoms with Gasteiger partial charge in [-0.3, -0.25) is 4.79 Å². The first-order valence-electron chi connectivity index (χ1n) is 10.6. The predicted octanol–water partition coefficient (Wildman–Crippen LogP) is 4.37. The highest BCUT2D eigenvalue weighted by Crippen LogP contribution is 2.67. The lowest BCUT2D eigenvalue weighted by Crippen LogP contribution is -2.57. The van der Waals surface area contributed by atoms with Crippen molar-refractivity contribution in [1.82, 2.24) is 0 Å². The zero-order valence-electron chi connectivity index (χ0n) is 16.4. The summed E-state index contributed by atoms with van der Waals surface area (Å²) in [5, 5.41) is 11.0. The van der Waals surface area contributed by atoms with E-state index in [0.29, 0.717) is 29.6 Å². The molecule has 0 bridgehead atoms. The van der Waals surface area contributed by atoms with Crippen LogP contribution in [-0.4, -0.2) is 30.2 Å². The fraction of sp³-hybridized carbons (Fsp3) is 0.955. The molecular formula is C22H36O3. The van der Waals surface area contributed by atoms with Gasteiger partial charge in [0.2, 0.25) is 0 Å². The van der Waals surface area contributed by atoms with Crippen LogP contribution in [0, 0.1) is 34.5 Å². The van der Waals surface area contributed by atoms with Crippen LogP contribution in [0.2, 0.25) is 0 Å². The molecule has 0 spiro atoms. The lowest BCUT2D eigenvalue weighted by molar-refractivity contribution is -0.170. The number of rotatable bonds is 3. The maximum atomic E-state index is 12.5. The van der Waals surface area contributed by atoms with Gasteiger partial charge in [-0.05, 0) is 86.9 Å². The van der Waals surface area contributed by atoms with Crippen molar-refractivity contribution in [2.75, 3.05) is 13.7 Å². The van der Waals surface area contributed by atoms with E-state index >= 15 is 0 Å². The van der Waals surface area contributed by atoms with E-state index in [1.165, 1.54) is 25.7 Å². The number of ether oxygens (including phenoxy) is 1. The van der Waals surface area contributed by atoms with Crippen LogP contribution in [0.25, 0.3) is 0 Å². The number of carbonyl (C=O) groups is 1. The summed E-state index contributed by atoms with van der Waals surface area (Å²) < 4.78 is 5.33. The van der Waals surface area contributed by atoms with E-state index < -0.39 is 5.60 Å². The van der Waals surface area contributed by atoms with Crippen LogP contribution in [-0.2, 0) is 9.53 Å². The van der Waals surface area contributed by atoms with Crippen molar-refractivity contribution in [2.24, 2.45) is 34.5 Å². The average Bonchev–Trinajstić information content (AvgIpc) is 2.90. The fourth-order valence-electron chi connectivity index (χ4n) is 8.01. The van der Waals surface area contributed by atoms with Gasteiger partial charge in [-0.15, -0.1) is 0 Å². The second-order valence-electron chi connectivity index (χ2n) is 10.0. The van der Waals surface area contributed by atoms with Gasteiger partial charge in [0.1, 0.15) is 5.78 Å². The molecule has 4 saturated carbocycles. The molecule has 142 valence electrons. The SMILES string of the molecule is CC[C@]12CCC(O)(COC)C[C@H]1CC[C@@H]1[C@@H]2CC[C@]2(C)C(=O)CC[C@@H]12. The minimum atomic E-state index is -0.614. The Morgan fingerprint density at radius 2 is 1.92 bits per heavy atom. The zero-order chi connectivity index (χ0) is 17.9. The number of hydrogen-bond acceptors (Lipinski definition) is 3. The average molecular weight is 349 g/mol. The van der Waals surface area contributed by atoms with Crippen LogP contribution in [0.5, 0.6) is 0 Å². The van der Waals surface area contributed by atoms with Gasteiger partial charge >= 0.3 is 0 Å². The van der Waals surface area contributed by atoms with Crippen molar-refractivity contribution in [1.29, 1.82) is 0 Å². The molecule has 4 fully saturated rings. The molecule has 0 aromatic heterocycles. The molecule has 0 aliphatic heterocycles. The van der Waals surface area contributed by atoms with E-state index in [1.807, 2.05) is 0 Å². The summed E-state index contributed by atoms with van der Waals surface area (Å²) in [7, 11) is 1.70. The molecule has 3 heteroatoms. The van der Waals surface area contributed by atoms with E-state index in [1.54, 1.807) is 7.11 Å². The predicted molar refractivity (Wildman–Crippen MR) is 98.2 cm³/mol. The van der Waals surface area contributed by atoms with Crippen molar-refractivity contribution < 1.29 is 14.6 Å². The summed E-state index contributed by atoms with van der Waals surface area (Å²) in [6.45, 7) is 5.13. The standard InChI is InChI=1S/C22H36O3/c1-4-22-12-11-21(24,14-25-3)13-15(22)5-6-16-17-7-8-19(23)20(17,2)10-9-18(16)22/h15-18,24H,4-14H2,1-3H3/t15-,16+,17+,18+,20+,21?,22+/m1/s1. The molecular weight excluding hydrogens is 312 g/mol. The highest BCUT2D eigenvalue weighted by molar-refractivity contribution is 5.87. The fourth-order valence-corrected chi connectivity index (χ4v) is 8.01. The summed E-state index contributed by atoms with van der Waals surface area (Å²) in [5.41, 5.74) is -0.234. The van der Waals surface area contributed by atoms with E-state index in [4.69, 9.17) is 4.74 Å². The number of carbonyl (C=O) groups excluding carboxylic acids is 1. The first-order valence-corrected chi connectivity index (χ1v) is 10.6. The van der Waals surface area contributed by atoms with Crippen LogP contribution in [0.4, 0.5) is 0 Å². The monoisotopic (exact) mass is 348 g/mol. The Kier molecular flexibility index (Phi) is 4.35. The van der Waals surface area contributed by atoms with E-state index in [0.717, 1.165) is 50.4 Å². The Bertz CT molecular complexity index is 545. The second kappa shape index (κ2) is 6.05. The number of hydrogen-bond donors (Lipinski definition) is 1. The Balaban J connectivity index is 1.61.